The summed E-state index contributed by atoms with van der Waals surface area (Å²) in [5, 5.41) is 19.7. The lowest BCUT2D eigenvalue weighted by atomic mass is 10.1. The Balaban J connectivity index is 1.98. The van der Waals surface area contributed by atoms with Crippen LogP contribution < -0.4 is 4.72 Å². The van der Waals surface area contributed by atoms with E-state index in [1.165, 1.54) is 36.5 Å². The van der Waals surface area contributed by atoms with Gasteiger partial charge < -0.3 is 10.2 Å². The van der Waals surface area contributed by atoms with Gasteiger partial charge in [-0.3, -0.25) is 9.78 Å². The zero-order chi connectivity index (χ0) is 19.3. The number of benzene rings is 1. The lowest BCUT2D eigenvalue weighted by molar-refractivity contribution is 0.0980. The molecular formula is C16H16Cl2N2O5S. The molecule has 140 valence electrons. The van der Waals surface area contributed by atoms with E-state index in [1.807, 2.05) is 4.72 Å². The second kappa shape index (κ2) is 8.79. The fraction of sp³-hybridized carbons (Fsp3) is 0.250. The van der Waals surface area contributed by atoms with E-state index < -0.39 is 27.8 Å². The molecule has 0 aliphatic rings. The lowest BCUT2D eigenvalue weighted by Gasteiger charge is -2.13. The van der Waals surface area contributed by atoms with Crippen molar-refractivity contribution >= 4 is 39.1 Å². The second-order valence-electron chi connectivity index (χ2n) is 5.45. The summed E-state index contributed by atoms with van der Waals surface area (Å²) in [7, 11) is -3.97. The van der Waals surface area contributed by atoms with Gasteiger partial charge in [-0.2, -0.15) is 0 Å². The average molecular weight is 419 g/mol. The number of nitrogens with zero attached hydrogens (tertiary/aromatic N) is 1. The van der Waals surface area contributed by atoms with Gasteiger partial charge in [-0.1, -0.05) is 23.2 Å². The third kappa shape index (κ3) is 5.93. The summed E-state index contributed by atoms with van der Waals surface area (Å²) >= 11 is 11.7. The minimum absolute atomic E-state index is 0.0351. The molecule has 10 heteroatoms. The van der Waals surface area contributed by atoms with Crippen LogP contribution in [0.5, 0.6) is 0 Å². The maximum atomic E-state index is 12.1. The number of rotatable bonds is 7. The van der Waals surface area contributed by atoms with E-state index in [0.717, 1.165) is 0 Å². The molecule has 1 amide bonds. The standard InChI is InChI=1S/C16H16Cl2N2O5S/c17-12-5-11(6-13(18)7-12)15(22)3-4-26(24,25)20-16(23)10-1-2-14(9-21)19-8-10/h1-2,5-8,15,21-22H,3-4,9H2,(H,20,23). The van der Waals surface area contributed by atoms with Crippen molar-refractivity contribution in [2.24, 2.45) is 0 Å². The first-order chi connectivity index (χ1) is 12.2. The molecule has 0 aliphatic heterocycles. The Bertz CT molecular complexity index is 868. The summed E-state index contributed by atoms with van der Waals surface area (Å²) in [5.41, 5.74) is 0.772. The van der Waals surface area contributed by atoms with Crippen LogP contribution in [0.4, 0.5) is 0 Å². The molecule has 26 heavy (non-hydrogen) atoms. The Labute approximate surface area is 160 Å². The van der Waals surface area contributed by atoms with Crippen molar-refractivity contribution in [3.8, 4) is 0 Å². The topological polar surface area (TPSA) is 117 Å². The Hall–Kier alpha value is -1.71. The Morgan fingerprint density at radius 1 is 1.19 bits per heavy atom. The van der Waals surface area contributed by atoms with Crippen LogP contribution in [0.1, 0.15) is 34.1 Å². The number of aliphatic hydroxyl groups excluding tert-OH is 2. The Kier molecular flexibility index (Phi) is 6.96. The molecule has 0 saturated heterocycles. The van der Waals surface area contributed by atoms with E-state index in [-0.39, 0.29) is 18.6 Å². The first kappa shape index (κ1) is 20.6. The number of aromatic nitrogens is 1. The van der Waals surface area contributed by atoms with Crippen LogP contribution in [0.3, 0.4) is 0 Å². The smallest absolute Gasteiger partial charge is 0.266 e. The summed E-state index contributed by atoms with van der Waals surface area (Å²) < 4.78 is 26.0. The van der Waals surface area contributed by atoms with Crippen LogP contribution in [-0.2, 0) is 16.6 Å². The summed E-state index contributed by atoms with van der Waals surface area (Å²) in [6.07, 6.45) is -0.0939. The molecule has 0 saturated carbocycles. The monoisotopic (exact) mass is 418 g/mol. The van der Waals surface area contributed by atoms with Gasteiger partial charge in [-0.05, 0) is 42.3 Å². The van der Waals surface area contributed by atoms with Crippen LogP contribution >= 0.6 is 23.2 Å². The molecule has 0 spiro atoms. The van der Waals surface area contributed by atoms with Crippen LogP contribution in [0.2, 0.25) is 10.0 Å². The van der Waals surface area contributed by atoms with Gasteiger partial charge in [0.05, 0.1) is 29.7 Å². The van der Waals surface area contributed by atoms with Crippen molar-refractivity contribution in [3.63, 3.8) is 0 Å². The fourth-order valence-corrected chi connectivity index (χ4v) is 3.68. The van der Waals surface area contributed by atoms with Crippen LogP contribution in [-0.4, -0.2) is 35.3 Å². The minimum Gasteiger partial charge on any atom is -0.390 e. The second-order valence-corrected chi connectivity index (χ2v) is 8.17. The normalized spacial score (nSPS) is 12.6. The number of hydrogen-bond acceptors (Lipinski definition) is 6. The number of aliphatic hydroxyl groups is 2. The summed E-state index contributed by atoms with van der Waals surface area (Å²) in [6.45, 7) is -0.286. The van der Waals surface area contributed by atoms with Crippen molar-refractivity contribution in [1.82, 2.24) is 9.71 Å². The zero-order valence-electron chi connectivity index (χ0n) is 13.4. The van der Waals surface area contributed by atoms with Crippen LogP contribution in [0, 0.1) is 0 Å². The molecule has 1 heterocycles. The average Bonchev–Trinajstić information content (AvgIpc) is 2.58. The van der Waals surface area contributed by atoms with Gasteiger partial charge >= 0.3 is 0 Å². The number of carbonyl (C=O) groups is 1. The third-order valence-electron chi connectivity index (χ3n) is 3.43. The van der Waals surface area contributed by atoms with Gasteiger partial charge in [0.2, 0.25) is 10.0 Å². The van der Waals surface area contributed by atoms with Crippen molar-refractivity contribution in [2.45, 2.75) is 19.1 Å². The molecule has 2 rings (SSSR count). The Morgan fingerprint density at radius 2 is 1.85 bits per heavy atom. The quantitative estimate of drug-likeness (QED) is 0.633. The number of hydrogen-bond donors (Lipinski definition) is 3. The highest BCUT2D eigenvalue weighted by Gasteiger charge is 2.19. The molecule has 7 nitrogen and oxygen atoms in total. The highest BCUT2D eigenvalue weighted by atomic mass is 35.5. The zero-order valence-corrected chi connectivity index (χ0v) is 15.7. The molecule has 0 fully saturated rings. The van der Waals surface area contributed by atoms with E-state index in [4.69, 9.17) is 28.3 Å². The highest BCUT2D eigenvalue weighted by molar-refractivity contribution is 7.90. The molecule has 3 N–H and O–H groups in total. The number of halogens is 2. The van der Waals surface area contributed by atoms with Crippen molar-refractivity contribution in [3.05, 3.63) is 63.4 Å². The highest BCUT2D eigenvalue weighted by Crippen LogP contribution is 2.25. The largest absolute Gasteiger partial charge is 0.390 e. The molecule has 1 unspecified atom stereocenters. The molecular weight excluding hydrogens is 403 g/mol. The van der Waals surface area contributed by atoms with E-state index in [0.29, 0.717) is 21.3 Å². The van der Waals surface area contributed by atoms with E-state index in [9.17, 15) is 18.3 Å². The van der Waals surface area contributed by atoms with Crippen LogP contribution in [0.25, 0.3) is 0 Å². The summed E-state index contributed by atoms with van der Waals surface area (Å²) in [6, 6.07) is 7.22. The minimum atomic E-state index is -3.97. The number of nitrogens with one attached hydrogen (secondary N) is 1. The van der Waals surface area contributed by atoms with Gasteiger partial charge in [0, 0.05) is 16.2 Å². The van der Waals surface area contributed by atoms with Crippen LogP contribution in [0.15, 0.2) is 36.5 Å². The predicted octanol–water partition coefficient (Wildman–Crippen LogP) is 2.06. The maximum absolute atomic E-state index is 12.1. The molecule has 0 bridgehead atoms. The summed E-state index contributed by atoms with van der Waals surface area (Å²) in [4.78, 5) is 15.8. The van der Waals surface area contributed by atoms with Gasteiger partial charge in [0.25, 0.3) is 5.91 Å². The maximum Gasteiger partial charge on any atom is 0.266 e. The molecule has 0 aliphatic carbocycles. The Morgan fingerprint density at radius 3 is 2.38 bits per heavy atom. The molecule has 2 aromatic rings. The summed E-state index contributed by atoms with van der Waals surface area (Å²) in [5.74, 6) is -1.33. The van der Waals surface area contributed by atoms with Crippen molar-refractivity contribution in [2.75, 3.05) is 5.75 Å². The van der Waals surface area contributed by atoms with Gasteiger partial charge in [0.15, 0.2) is 0 Å². The van der Waals surface area contributed by atoms with E-state index in [2.05, 4.69) is 4.98 Å². The van der Waals surface area contributed by atoms with Crippen molar-refractivity contribution < 1.29 is 23.4 Å². The number of amides is 1. The molecule has 0 radical (unpaired) electrons. The first-order valence-corrected chi connectivity index (χ1v) is 9.85. The fourth-order valence-electron chi connectivity index (χ4n) is 2.10. The van der Waals surface area contributed by atoms with Gasteiger partial charge in [-0.15, -0.1) is 0 Å². The first-order valence-electron chi connectivity index (χ1n) is 7.45. The SMILES string of the molecule is O=C(NS(=O)(=O)CCC(O)c1cc(Cl)cc(Cl)c1)c1ccc(CO)nc1. The molecule has 1 aromatic carbocycles. The van der Waals surface area contributed by atoms with Gasteiger partial charge in [-0.25, -0.2) is 13.1 Å². The molecule has 1 atom stereocenters. The number of carbonyl (C=O) groups excluding carboxylic acids is 1. The van der Waals surface area contributed by atoms with E-state index in [1.54, 1.807) is 0 Å². The molecule has 1 aromatic heterocycles. The third-order valence-corrected chi connectivity index (χ3v) is 5.13. The lowest BCUT2D eigenvalue weighted by Crippen LogP contribution is -2.33. The predicted molar refractivity (Wildman–Crippen MR) is 97.5 cm³/mol. The van der Waals surface area contributed by atoms with Gasteiger partial charge in [0.1, 0.15) is 0 Å². The number of pyridine rings is 1. The number of sulfonamides is 1. The van der Waals surface area contributed by atoms with Crippen molar-refractivity contribution in [1.29, 1.82) is 0 Å². The van der Waals surface area contributed by atoms with E-state index >= 15 is 0 Å².